The molecule has 1 heterocycles. The predicted molar refractivity (Wildman–Crippen MR) is 72.8 cm³/mol. The minimum atomic E-state index is -0.943. The van der Waals surface area contributed by atoms with Crippen LogP contribution in [0, 0.1) is 0 Å². The standard InChI is InChI=1S/C13H10O3S2/c14-11(12-2-1-7-17-12)8-18-10-5-3-9(4-6-10)13(15)16/h1-7H,8H2,(H,15,16). The van der Waals surface area contributed by atoms with Crippen LogP contribution < -0.4 is 0 Å². The third kappa shape index (κ3) is 3.21. The zero-order chi connectivity index (χ0) is 13.0. The van der Waals surface area contributed by atoms with Crippen LogP contribution in [0.25, 0.3) is 0 Å². The van der Waals surface area contributed by atoms with E-state index in [0.717, 1.165) is 9.77 Å². The van der Waals surface area contributed by atoms with Crippen molar-refractivity contribution < 1.29 is 14.7 Å². The molecule has 1 aromatic carbocycles. The molecule has 0 saturated heterocycles. The highest BCUT2D eigenvalue weighted by Crippen LogP contribution is 2.21. The lowest BCUT2D eigenvalue weighted by Gasteiger charge is -2.00. The van der Waals surface area contributed by atoms with Crippen molar-refractivity contribution in [1.82, 2.24) is 0 Å². The van der Waals surface area contributed by atoms with Crippen LogP contribution in [-0.4, -0.2) is 22.6 Å². The molecule has 0 atom stereocenters. The molecule has 0 bridgehead atoms. The summed E-state index contributed by atoms with van der Waals surface area (Å²) in [6.45, 7) is 0. The molecule has 3 nitrogen and oxygen atoms in total. The number of thioether (sulfide) groups is 1. The smallest absolute Gasteiger partial charge is 0.335 e. The Morgan fingerprint density at radius 3 is 2.44 bits per heavy atom. The SMILES string of the molecule is O=C(O)c1ccc(SCC(=O)c2cccs2)cc1. The highest BCUT2D eigenvalue weighted by atomic mass is 32.2. The average Bonchev–Trinajstić information content (AvgIpc) is 2.90. The van der Waals surface area contributed by atoms with Crippen molar-refractivity contribution in [1.29, 1.82) is 0 Å². The fourth-order valence-electron chi connectivity index (χ4n) is 1.35. The third-order valence-electron chi connectivity index (χ3n) is 2.27. The molecule has 0 saturated carbocycles. The number of hydrogen-bond acceptors (Lipinski definition) is 4. The van der Waals surface area contributed by atoms with Crippen molar-refractivity contribution in [2.45, 2.75) is 4.90 Å². The Bertz CT molecular complexity index is 544. The van der Waals surface area contributed by atoms with E-state index in [9.17, 15) is 9.59 Å². The molecule has 1 N–H and O–H groups in total. The molecule has 0 radical (unpaired) electrons. The number of rotatable bonds is 5. The van der Waals surface area contributed by atoms with Gasteiger partial charge in [-0.05, 0) is 35.7 Å². The third-order valence-corrected chi connectivity index (χ3v) is 4.19. The number of Topliss-reactive ketones (excluding diaryl/α,β-unsaturated/α-hetero) is 1. The molecule has 18 heavy (non-hydrogen) atoms. The molecule has 0 aliphatic carbocycles. The maximum absolute atomic E-state index is 11.7. The van der Waals surface area contributed by atoms with Crippen molar-refractivity contribution in [3.63, 3.8) is 0 Å². The lowest BCUT2D eigenvalue weighted by atomic mass is 10.2. The second-order valence-electron chi connectivity index (χ2n) is 3.52. The molecule has 0 unspecified atom stereocenters. The minimum Gasteiger partial charge on any atom is -0.478 e. The Hall–Kier alpha value is -1.59. The first-order chi connectivity index (χ1) is 8.66. The van der Waals surface area contributed by atoms with Gasteiger partial charge in [-0.15, -0.1) is 23.1 Å². The summed E-state index contributed by atoms with van der Waals surface area (Å²) in [6.07, 6.45) is 0. The van der Waals surface area contributed by atoms with Gasteiger partial charge in [-0.3, -0.25) is 4.79 Å². The minimum absolute atomic E-state index is 0.0947. The van der Waals surface area contributed by atoms with Crippen LogP contribution in [0.1, 0.15) is 20.0 Å². The summed E-state index contributed by atoms with van der Waals surface area (Å²) >= 11 is 2.84. The summed E-state index contributed by atoms with van der Waals surface area (Å²) in [5.74, 6) is -0.481. The van der Waals surface area contributed by atoms with Gasteiger partial charge in [0.2, 0.25) is 0 Å². The summed E-state index contributed by atoms with van der Waals surface area (Å²) in [6, 6.07) is 10.2. The molecule has 0 aliphatic heterocycles. The van der Waals surface area contributed by atoms with E-state index >= 15 is 0 Å². The number of benzene rings is 1. The zero-order valence-corrected chi connectivity index (χ0v) is 11.0. The van der Waals surface area contributed by atoms with E-state index in [2.05, 4.69) is 0 Å². The second kappa shape index (κ2) is 5.84. The molecule has 2 rings (SSSR count). The molecule has 2 aromatic rings. The number of aromatic carboxylic acids is 1. The zero-order valence-electron chi connectivity index (χ0n) is 9.33. The molecule has 92 valence electrons. The molecular formula is C13H10O3S2. The van der Waals surface area contributed by atoms with Crippen molar-refractivity contribution in [3.8, 4) is 0 Å². The van der Waals surface area contributed by atoms with Crippen molar-refractivity contribution >= 4 is 34.9 Å². The molecule has 1 aromatic heterocycles. The van der Waals surface area contributed by atoms with Crippen molar-refractivity contribution in [2.75, 3.05) is 5.75 Å². The number of carbonyl (C=O) groups excluding carboxylic acids is 1. The highest BCUT2D eigenvalue weighted by molar-refractivity contribution is 8.00. The van der Waals surface area contributed by atoms with Gasteiger partial charge in [0.25, 0.3) is 0 Å². The van der Waals surface area contributed by atoms with Crippen LogP contribution in [0.4, 0.5) is 0 Å². The molecule has 0 spiro atoms. The van der Waals surface area contributed by atoms with E-state index in [0.29, 0.717) is 5.75 Å². The quantitative estimate of drug-likeness (QED) is 0.672. The molecule has 5 heteroatoms. The average molecular weight is 278 g/mol. The van der Waals surface area contributed by atoms with E-state index in [1.807, 2.05) is 11.4 Å². The molecular weight excluding hydrogens is 268 g/mol. The van der Waals surface area contributed by atoms with E-state index in [1.165, 1.54) is 23.1 Å². The molecule has 0 amide bonds. The van der Waals surface area contributed by atoms with Gasteiger partial charge in [0, 0.05) is 4.90 Å². The summed E-state index contributed by atoms with van der Waals surface area (Å²) in [4.78, 5) is 24.1. The summed E-state index contributed by atoms with van der Waals surface area (Å²) in [7, 11) is 0. The highest BCUT2D eigenvalue weighted by Gasteiger charge is 2.08. The number of ketones is 1. The van der Waals surface area contributed by atoms with Gasteiger partial charge < -0.3 is 5.11 Å². The first kappa shape index (κ1) is 12.9. The van der Waals surface area contributed by atoms with Crippen molar-refractivity contribution in [3.05, 3.63) is 52.2 Å². The fraction of sp³-hybridized carbons (Fsp3) is 0.0769. The second-order valence-corrected chi connectivity index (χ2v) is 5.52. The Labute approximate surface area is 112 Å². The predicted octanol–water partition coefficient (Wildman–Crippen LogP) is 3.42. The maximum Gasteiger partial charge on any atom is 0.335 e. The number of thiophene rings is 1. The van der Waals surface area contributed by atoms with Gasteiger partial charge in [-0.25, -0.2) is 4.79 Å². The van der Waals surface area contributed by atoms with E-state index in [4.69, 9.17) is 5.11 Å². The van der Waals surface area contributed by atoms with Crippen LogP contribution in [0.15, 0.2) is 46.7 Å². The topological polar surface area (TPSA) is 54.4 Å². The van der Waals surface area contributed by atoms with Gasteiger partial charge in [-0.1, -0.05) is 6.07 Å². The summed E-state index contributed by atoms with van der Waals surface area (Å²) in [5.41, 5.74) is 0.254. The Balaban J connectivity index is 1.94. The van der Waals surface area contributed by atoms with Crippen LogP contribution in [0.5, 0.6) is 0 Å². The Morgan fingerprint density at radius 1 is 1.17 bits per heavy atom. The summed E-state index contributed by atoms with van der Waals surface area (Å²) in [5, 5.41) is 10.6. The number of hydrogen-bond donors (Lipinski definition) is 1. The molecule has 0 fully saturated rings. The van der Waals surface area contributed by atoms with Crippen LogP contribution in [-0.2, 0) is 0 Å². The van der Waals surface area contributed by atoms with E-state index in [-0.39, 0.29) is 11.3 Å². The first-order valence-electron chi connectivity index (χ1n) is 5.19. The van der Waals surface area contributed by atoms with E-state index < -0.39 is 5.97 Å². The Kier molecular flexibility index (Phi) is 4.17. The Morgan fingerprint density at radius 2 is 1.89 bits per heavy atom. The van der Waals surface area contributed by atoms with Gasteiger partial charge in [0.05, 0.1) is 16.2 Å². The maximum atomic E-state index is 11.7. The van der Waals surface area contributed by atoms with Gasteiger partial charge in [0.1, 0.15) is 0 Å². The lowest BCUT2D eigenvalue weighted by Crippen LogP contribution is -1.99. The normalized spacial score (nSPS) is 10.2. The summed E-state index contributed by atoms with van der Waals surface area (Å²) < 4.78 is 0. The van der Waals surface area contributed by atoms with Gasteiger partial charge in [-0.2, -0.15) is 0 Å². The molecule has 0 aliphatic rings. The van der Waals surface area contributed by atoms with Crippen LogP contribution in [0.3, 0.4) is 0 Å². The monoisotopic (exact) mass is 278 g/mol. The number of carbonyl (C=O) groups is 2. The fourth-order valence-corrected chi connectivity index (χ4v) is 2.89. The van der Waals surface area contributed by atoms with Gasteiger partial charge in [0.15, 0.2) is 5.78 Å². The lowest BCUT2D eigenvalue weighted by molar-refractivity contribution is 0.0696. The number of carboxylic acids is 1. The number of carboxylic acid groups (broad SMARTS) is 1. The van der Waals surface area contributed by atoms with Crippen molar-refractivity contribution in [2.24, 2.45) is 0 Å². The van der Waals surface area contributed by atoms with Crippen LogP contribution in [0.2, 0.25) is 0 Å². The van der Waals surface area contributed by atoms with Crippen LogP contribution >= 0.6 is 23.1 Å². The van der Waals surface area contributed by atoms with Gasteiger partial charge >= 0.3 is 5.97 Å². The first-order valence-corrected chi connectivity index (χ1v) is 7.06. The largest absolute Gasteiger partial charge is 0.478 e. The van der Waals surface area contributed by atoms with E-state index in [1.54, 1.807) is 30.3 Å².